The minimum atomic E-state index is -3.96. The Bertz CT molecular complexity index is 268. The molecule has 0 aliphatic rings. The molecule has 0 bridgehead atoms. The Labute approximate surface area is 137 Å². The minimum absolute atomic E-state index is 0.358. The predicted molar refractivity (Wildman–Crippen MR) is 83.2 cm³/mol. The maximum absolute atomic E-state index is 12.7. The molecule has 0 atom stereocenters. The predicted octanol–water partition coefficient (Wildman–Crippen LogP) is -2.59. The number of hydrogen-bond acceptors (Lipinski definition) is 9. The van der Waals surface area contributed by atoms with Gasteiger partial charge in [-0.15, -0.1) is 0 Å². The van der Waals surface area contributed by atoms with E-state index in [1.807, 2.05) is 0 Å². The number of hydrogen-bond donors (Lipinski definition) is 6. The second kappa shape index (κ2) is 16.1. The van der Waals surface area contributed by atoms with E-state index in [1.54, 1.807) is 0 Å². The Morgan fingerprint density at radius 1 is 0.682 bits per heavy atom. The zero-order valence-corrected chi connectivity index (χ0v) is 15.0. The molecule has 0 saturated heterocycles. The van der Waals surface area contributed by atoms with Gasteiger partial charge in [0.15, 0.2) is 0 Å². The van der Waals surface area contributed by atoms with Gasteiger partial charge in [0.25, 0.3) is 0 Å². The molecule has 9 N–H and O–H groups in total. The molecule has 0 fully saturated rings. The fourth-order valence-corrected chi connectivity index (χ4v) is 4.29. The molecule has 0 spiro atoms. The molecule has 133 valence electrons. The van der Waals surface area contributed by atoms with Gasteiger partial charge in [-0.3, -0.25) is 0 Å². The van der Waals surface area contributed by atoms with Crippen molar-refractivity contribution < 1.29 is 27.3 Å². The van der Waals surface area contributed by atoms with Crippen molar-refractivity contribution in [3.05, 3.63) is 0 Å². The van der Waals surface area contributed by atoms with Crippen LogP contribution in [0.15, 0.2) is 0 Å². The van der Waals surface area contributed by atoms with Crippen LogP contribution in [0.3, 0.4) is 0 Å². The fraction of sp³-hybridized carbons (Fsp3) is 1.00. The van der Waals surface area contributed by atoms with Crippen molar-refractivity contribution >= 4 is 0 Å². The fourth-order valence-electron chi connectivity index (χ4n) is 1.67. The molecule has 22 heavy (non-hydrogen) atoms. The number of nitrogens with one attached hydrogen (secondary N) is 3. The molecule has 0 aliphatic heterocycles. The van der Waals surface area contributed by atoms with E-state index in [1.165, 1.54) is 0 Å². The van der Waals surface area contributed by atoms with Crippen LogP contribution >= 0.6 is 0 Å². The van der Waals surface area contributed by atoms with Crippen molar-refractivity contribution in [1.29, 1.82) is 0 Å². The van der Waals surface area contributed by atoms with Gasteiger partial charge >= 0.3 is 137 Å². The third kappa shape index (κ3) is 13.8. The Morgan fingerprint density at radius 3 is 1.50 bits per heavy atom. The van der Waals surface area contributed by atoms with E-state index in [4.69, 9.17) is 23.8 Å². The van der Waals surface area contributed by atoms with Crippen molar-refractivity contribution in [2.24, 2.45) is 17.2 Å². The normalized spacial score (nSPS) is 12.0. The molecule has 0 aromatic rings. The van der Waals surface area contributed by atoms with Crippen LogP contribution in [0.2, 0.25) is 4.73 Å². The van der Waals surface area contributed by atoms with Crippen LogP contribution in [0, 0.1) is 0 Å². The van der Waals surface area contributed by atoms with E-state index >= 15 is 0 Å². The summed E-state index contributed by atoms with van der Waals surface area (Å²) < 4.78 is 24.2. The van der Waals surface area contributed by atoms with E-state index in [9.17, 15) is 3.32 Å². The summed E-state index contributed by atoms with van der Waals surface area (Å²) >= 11 is -3.96. The van der Waals surface area contributed by atoms with Gasteiger partial charge in [0, 0.05) is 0 Å². The van der Waals surface area contributed by atoms with Gasteiger partial charge in [0.2, 0.25) is 0 Å². The third-order valence-electron chi connectivity index (χ3n) is 2.77. The summed E-state index contributed by atoms with van der Waals surface area (Å²) in [7, 11) is 0. The molecule has 0 unspecified atom stereocenters. The topological polar surface area (TPSA) is 150 Å². The molecular weight excluding hydrogens is 324 g/mol. The van der Waals surface area contributed by atoms with Gasteiger partial charge in [-0.05, 0) is 0 Å². The monoisotopic (exact) mass is 357 g/mol. The van der Waals surface area contributed by atoms with Gasteiger partial charge in [-0.2, -0.15) is 0 Å². The molecule has 0 aromatic carbocycles. The molecule has 0 aliphatic carbocycles. The zero-order valence-electron chi connectivity index (χ0n) is 13.4. The second-order valence-corrected chi connectivity index (χ2v) is 8.56. The Kier molecular flexibility index (Phi) is 16.2. The van der Waals surface area contributed by atoms with Gasteiger partial charge in [-0.1, -0.05) is 0 Å². The summed E-state index contributed by atoms with van der Waals surface area (Å²) in [4.78, 5) is 0. The molecule has 0 radical (unpaired) electrons. The average Bonchev–Trinajstić information content (AvgIpc) is 2.51. The van der Waals surface area contributed by atoms with Gasteiger partial charge in [-0.25, -0.2) is 0 Å². The average molecular weight is 357 g/mol. The molecule has 0 saturated carbocycles. The first-order valence-corrected chi connectivity index (χ1v) is 10.9. The summed E-state index contributed by atoms with van der Waals surface area (Å²) in [6, 6.07) is 0. The first kappa shape index (κ1) is 22.2. The van der Waals surface area contributed by atoms with E-state index in [0.29, 0.717) is 76.8 Å². The third-order valence-corrected chi connectivity index (χ3v) is 6.13. The summed E-state index contributed by atoms with van der Waals surface area (Å²) in [5, 5.41) is 9.30. The van der Waals surface area contributed by atoms with Gasteiger partial charge < -0.3 is 0 Å². The zero-order chi connectivity index (χ0) is 16.5. The quantitative estimate of drug-likeness (QED) is 0.122. The van der Waals surface area contributed by atoms with Crippen molar-refractivity contribution in [3.8, 4) is 0 Å². The molecule has 0 heterocycles. The second-order valence-electron chi connectivity index (χ2n) is 4.75. The Balaban J connectivity index is 4.02. The van der Waals surface area contributed by atoms with E-state index in [-0.39, 0.29) is 0 Å². The molecule has 0 amide bonds. The molecular formula is C12H33N6O3Ti. The van der Waals surface area contributed by atoms with Crippen molar-refractivity contribution in [1.82, 2.24) is 16.0 Å². The van der Waals surface area contributed by atoms with Crippen LogP contribution in [0.5, 0.6) is 0 Å². The summed E-state index contributed by atoms with van der Waals surface area (Å²) in [6.45, 7) is 6.30. The van der Waals surface area contributed by atoms with Gasteiger partial charge in [0.05, 0.1) is 0 Å². The van der Waals surface area contributed by atoms with E-state index in [0.717, 1.165) is 0 Å². The van der Waals surface area contributed by atoms with Crippen molar-refractivity contribution in [2.75, 3.05) is 72.1 Å². The van der Waals surface area contributed by atoms with Crippen LogP contribution in [0.25, 0.3) is 0 Å². The first-order chi connectivity index (χ1) is 10.7. The summed E-state index contributed by atoms with van der Waals surface area (Å²) in [5.41, 5.74) is 16.2. The van der Waals surface area contributed by atoms with Crippen molar-refractivity contribution in [2.45, 2.75) is 4.73 Å². The Morgan fingerprint density at radius 2 is 1.09 bits per heavy atom. The molecule has 10 heteroatoms. The van der Waals surface area contributed by atoms with Crippen LogP contribution in [0.1, 0.15) is 0 Å². The van der Waals surface area contributed by atoms with Crippen LogP contribution < -0.4 is 33.2 Å². The van der Waals surface area contributed by atoms with Crippen LogP contribution in [-0.4, -0.2) is 72.1 Å². The summed E-state index contributed by atoms with van der Waals surface area (Å²) in [6.07, 6.45) is 0. The standard InChI is InChI=1S/2C4H11N2O.C4H11N2.O.Ti/c2*5-1-2-6-3-4-7;1-2-6-4-3-5;;/h2*6H,1-5H2;6H,1-5H2;;/q2*-1;;;+2. The molecule has 9 nitrogen and oxygen atoms in total. The van der Waals surface area contributed by atoms with E-state index < -0.39 is 17.3 Å². The maximum atomic E-state index is 12.7. The van der Waals surface area contributed by atoms with E-state index in [2.05, 4.69) is 16.0 Å². The van der Waals surface area contributed by atoms with Crippen LogP contribution in [-0.2, 0) is 27.3 Å². The van der Waals surface area contributed by atoms with Crippen LogP contribution in [0.4, 0.5) is 0 Å². The summed E-state index contributed by atoms with van der Waals surface area (Å²) in [5.74, 6) is 0. The first-order valence-electron chi connectivity index (χ1n) is 7.89. The number of rotatable bonds is 17. The number of nitrogens with two attached hydrogens (primary N) is 3. The van der Waals surface area contributed by atoms with Crippen molar-refractivity contribution in [3.63, 3.8) is 0 Å². The molecule has 0 rings (SSSR count). The molecule has 0 aromatic heterocycles. The van der Waals surface area contributed by atoms with Gasteiger partial charge in [0.1, 0.15) is 0 Å². The SMILES string of the molecule is NCCNCC[O][Ti](=[O])([CH2]CNCCN)[O]CCNCCN. The Hall–Kier alpha value is 0.194.